The number of unbranched alkanes of at least 4 members (excludes halogenated alkanes) is 2. The number of carbonyl (C=O) groups is 3. The fourth-order valence-corrected chi connectivity index (χ4v) is 2.65. The van der Waals surface area contributed by atoms with Crippen LogP contribution < -0.4 is 4.74 Å². The van der Waals surface area contributed by atoms with E-state index in [2.05, 4.69) is 0 Å². The fourth-order valence-electron chi connectivity index (χ4n) is 2.65. The van der Waals surface area contributed by atoms with Gasteiger partial charge >= 0.3 is 11.9 Å². The predicted octanol–water partition coefficient (Wildman–Crippen LogP) is 2.94. The largest absolute Gasteiger partial charge is 0.507 e. The fraction of sp³-hybridized carbons (Fsp3) is 0.286. The Morgan fingerprint density at radius 2 is 1.47 bits per heavy atom. The molecule has 9 nitrogen and oxygen atoms in total. The molecule has 0 aromatic heterocycles. The molecule has 1 aromatic rings. The third-order valence-corrected chi connectivity index (χ3v) is 4.06. The summed E-state index contributed by atoms with van der Waals surface area (Å²) in [5.41, 5.74) is -0.437. The Kier molecular flexibility index (Phi) is 9.67. The van der Waals surface area contributed by atoms with Crippen LogP contribution in [0.1, 0.15) is 41.6 Å². The van der Waals surface area contributed by atoms with Gasteiger partial charge in [0.1, 0.15) is 11.3 Å². The van der Waals surface area contributed by atoms with Gasteiger partial charge in [0.05, 0.1) is 7.11 Å². The Labute approximate surface area is 172 Å². The highest BCUT2D eigenvalue weighted by molar-refractivity contribution is 6.10. The van der Waals surface area contributed by atoms with Crippen molar-refractivity contribution in [3.63, 3.8) is 0 Å². The van der Waals surface area contributed by atoms with Gasteiger partial charge in [0, 0.05) is 18.1 Å². The number of carboxylic acids is 2. The molecule has 0 unspecified atom stereocenters. The summed E-state index contributed by atoms with van der Waals surface area (Å²) >= 11 is 0. The van der Waals surface area contributed by atoms with Crippen LogP contribution >= 0.6 is 0 Å². The van der Waals surface area contributed by atoms with Crippen LogP contribution in [0, 0.1) is 0 Å². The van der Waals surface area contributed by atoms with Gasteiger partial charge in [-0.05, 0) is 25.3 Å². The third kappa shape index (κ3) is 7.01. The van der Waals surface area contributed by atoms with Gasteiger partial charge in [-0.1, -0.05) is 30.7 Å². The van der Waals surface area contributed by atoms with Crippen molar-refractivity contribution >= 4 is 17.7 Å². The van der Waals surface area contributed by atoms with Gasteiger partial charge in [-0.2, -0.15) is 0 Å². The van der Waals surface area contributed by atoms with Crippen molar-refractivity contribution in [2.75, 3.05) is 7.11 Å². The van der Waals surface area contributed by atoms with E-state index in [0.717, 1.165) is 12.2 Å². The minimum atomic E-state index is -1.12. The number of phenolic OH excluding ortho intramolecular Hbond substituents is 3. The van der Waals surface area contributed by atoms with Crippen LogP contribution in [-0.4, -0.2) is 50.4 Å². The lowest BCUT2D eigenvalue weighted by Crippen LogP contribution is -2.02. The Morgan fingerprint density at radius 3 is 2.03 bits per heavy atom. The maximum absolute atomic E-state index is 12.5. The van der Waals surface area contributed by atoms with Gasteiger partial charge in [0.25, 0.3) is 0 Å². The number of benzene rings is 1. The summed E-state index contributed by atoms with van der Waals surface area (Å²) in [5, 5.41) is 48.1. The first-order valence-corrected chi connectivity index (χ1v) is 9.04. The lowest BCUT2D eigenvalue weighted by atomic mass is 9.97. The molecule has 162 valence electrons. The zero-order valence-electron chi connectivity index (χ0n) is 16.4. The van der Waals surface area contributed by atoms with Gasteiger partial charge in [0.15, 0.2) is 17.3 Å². The minimum absolute atomic E-state index is 0.000561. The summed E-state index contributed by atoms with van der Waals surface area (Å²) < 4.78 is 4.96. The van der Waals surface area contributed by atoms with E-state index in [1.165, 1.54) is 31.4 Å². The molecule has 5 N–H and O–H groups in total. The average Bonchev–Trinajstić information content (AvgIpc) is 2.66. The van der Waals surface area contributed by atoms with Crippen LogP contribution in [0.2, 0.25) is 0 Å². The van der Waals surface area contributed by atoms with Crippen LogP contribution in [0.5, 0.6) is 23.0 Å². The number of ether oxygens (including phenoxy) is 1. The summed E-state index contributed by atoms with van der Waals surface area (Å²) in [5.74, 6) is -4.96. The first-order chi connectivity index (χ1) is 14.2. The molecule has 0 radical (unpaired) electrons. The quantitative estimate of drug-likeness (QED) is 0.148. The van der Waals surface area contributed by atoms with Crippen molar-refractivity contribution in [3.05, 3.63) is 47.6 Å². The number of hydrogen-bond acceptors (Lipinski definition) is 7. The smallest absolute Gasteiger partial charge is 0.328 e. The second-order valence-corrected chi connectivity index (χ2v) is 6.19. The van der Waals surface area contributed by atoms with Crippen molar-refractivity contribution in [2.45, 2.75) is 32.1 Å². The Balaban J connectivity index is 3.08. The molecule has 0 saturated heterocycles. The standard InChI is InChI=1S/C21H24O9/c1-30-21-19(28)13(9-5-4-8-12-16(25)26)18(27)17(20(21)29)14(22)10-6-2-3-7-11-15(23)24/h2-3,6-7,10-11,27-29H,4-5,8-9,12H2,1H3,(H,23,24)(H,25,26). The summed E-state index contributed by atoms with van der Waals surface area (Å²) in [4.78, 5) is 33.4. The van der Waals surface area contributed by atoms with Gasteiger partial charge in [0.2, 0.25) is 5.75 Å². The number of ketones is 1. The highest BCUT2D eigenvalue weighted by Gasteiger charge is 2.27. The van der Waals surface area contributed by atoms with E-state index >= 15 is 0 Å². The second-order valence-electron chi connectivity index (χ2n) is 6.19. The molecule has 0 spiro atoms. The Morgan fingerprint density at radius 1 is 0.833 bits per heavy atom. The lowest BCUT2D eigenvalue weighted by Gasteiger charge is -2.16. The van der Waals surface area contributed by atoms with Crippen LogP contribution in [-0.2, 0) is 16.0 Å². The monoisotopic (exact) mass is 420 g/mol. The van der Waals surface area contributed by atoms with Crippen molar-refractivity contribution < 1.29 is 44.7 Å². The molecule has 1 rings (SSSR count). The maximum Gasteiger partial charge on any atom is 0.328 e. The Bertz CT molecular complexity index is 879. The van der Waals surface area contributed by atoms with Crippen molar-refractivity contribution in [2.24, 2.45) is 0 Å². The van der Waals surface area contributed by atoms with Gasteiger partial charge in [-0.3, -0.25) is 9.59 Å². The molecule has 0 heterocycles. The minimum Gasteiger partial charge on any atom is -0.507 e. The lowest BCUT2D eigenvalue weighted by molar-refractivity contribution is -0.137. The average molecular weight is 420 g/mol. The van der Waals surface area contributed by atoms with Gasteiger partial charge < -0.3 is 30.3 Å². The van der Waals surface area contributed by atoms with Crippen LogP contribution in [0.25, 0.3) is 0 Å². The highest BCUT2D eigenvalue weighted by atomic mass is 16.5. The van der Waals surface area contributed by atoms with E-state index in [4.69, 9.17) is 14.9 Å². The Hall–Kier alpha value is -3.75. The predicted molar refractivity (Wildman–Crippen MR) is 107 cm³/mol. The van der Waals surface area contributed by atoms with Crippen LogP contribution in [0.15, 0.2) is 36.5 Å². The van der Waals surface area contributed by atoms with E-state index in [1.54, 1.807) is 0 Å². The number of hydrogen-bond donors (Lipinski definition) is 5. The first kappa shape index (κ1) is 24.3. The maximum atomic E-state index is 12.5. The molecule has 0 aliphatic carbocycles. The molecule has 0 aliphatic heterocycles. The van der Waals surface area contributed by atoms with Crippen molar-refractivity contribution in [1.82, 2.24) is 0 Å². The zero-order chi connectivity index (χ0) is 22.7. The number of methoxy groups -OCH3 is 1. The second kappa shape index (κ2) is 11.9. The highest BCUT2D eigenvalue weighted by Crippen LogP contribution is 2.48. The molecule has 1 aromatic carbocycles. The molecule has 0 amide bonds. The van der Waals surface area contributed by atoms with E-state index in [9.17, 15) is 29.7 Å². The summed E-state index contributed by atoms with van der Waals surface area (Å²) in [6, 6.07) is 0. The topological polar surface area (TPSA) is 162 Å². The molecule has 0 aliphatic rings. The summed E-state index contributed by atoms with van der Waals surface area (Å²) in [6.07, 6.45) is 8.75. The molecule has 0 atom stereocenters. The van der Waals surface area contributed by atoms with E-state index in [1.807, 2.05) is 0 Å². The first-order valence-electron chi connectivity index (χ1n) is 9.04. The number of rotatable bonds is 12. The molecule has 0 fully saturated rings. The van der Waals surface area contributed by atoms with Gasteiger partial charge in [-0.15, -0.1) is 0 Å². The van der Waals surface area contributed by atoms with Gasteiger partial charge in [-0.25, -0.2) is 4.79 Å². The molecule has 0 bridgehead atoms. The molecular weight excluding hydrogens is 396 g/mol. The third-order valence-electron chi connectivity index (χ3n) is 4.06. The molecule has 9 heteroatoms. The number of aromatic hydroxyl groups is 3. The van der Waals surface area contributed by atoms with Crippen LogP contribution in [0.3, 0.4) is 0 Å². The SMILES string of the molecule is COc1c(O)c(CCCCCC(=O)O)c(O)c(C(=O)C=CC=CC=CC(=O)O)c1O. The molecule has 0 saturated carbocycles. The normalized spacial score (nSPS) is 11.5. The molecule has 30 heavy (non-hydrogen) atoms. The molecular formula is C21H24O9. The van der Waals surface area contributed by atoms with Crippen molar-refractivity contribution in [1.29, 1.82) is 0 Å². The van der Waals surface area contributed by atoms with E-state index in [0.29, 0.717) is 19.3 Å². The van der Waals surface area contributed by atoms with E-state index < -0.39 is 40.5 Å². The van der Waals surface area contributed by atoms with Crippen molar-refractivity contribution in [3.8, 4) is 23.0 Å². The summed E-state index contributed by atoms with van der Waals surface area (Å²) in [6.45, 7) is 0. The summed E-state index contributed by atoms with van der Waals surface area (Å²) in [7, 11) is 1.18. The zero-order valence-corrected chi connectivity index (χ0v) is 16.4. The van der Waals surface area contributed by atoms with Crippen LogP contribution in [0.4, 0.5) is 0 Å². The number of allylic oxidation sites excluding steroid dienone is 5. The number of carboxylic acid groups (broad SMARTS) is 2. The number of carbonyl (C=O) groups excluding carboxylic acids is 1. The van der Waals surface area contributed by atoms with E-state index in [-0.39, 0.29) is 24.2 Å². The number of aliphatic carboxylic acids is 2. The number of phenols is 3.